The normalized spacial score (nSPS) is 11.1. The van der Waals surface area contributed by atoms with E-state index in [0.717, 1.165) is 26.9 Å². The smallest absolute Gasteiger partial charge is 0.271 e. The fourth-order valence-electron chi connectivity index (χ4n) is 3.02. The van der Waals surface area contributed by atoms with Gasteiger partial charge in [-0.15, -0.1) is 22.7 Å². The Labute approximate surface area is 179 Å². The molecule has 1 aromatic carbocycles. The summed E-state index contributed by atoms with van der Waals surface area (Å²) in [6.45, 7) is 0.348. The summed E-state index contributed by atoms with van der Waals surface area (Å²) < 4.78 is 7.42. The molecular formula is C21H15N5O2S2. The Bertz CT molecular complexity index is 1370. The van der Waals surface area contributed by atoms with Crippen molar-refractivity contribution in [1.82, 2.24) is 24.5 Å². The quantitative estimate of drug-likeness (QED) is 0.415. The molecule has 0 aliphatic carbocycles. The Morgan fingerprint density at radius 2 is 1.90 bits per heavy atom. The summed E-state index contributed by atoms with van der Waals surface area (Å²) >= 11 is 2.90. The molecule has 9 heteroatoms. The van der Waals surface area contributed by atoms with Crippen molar-refractivity contribution in [3.8, 4) is 27.0 Å². The van der Waals surface area contributed by atoms with Gasteiger partial charge in [0.25, 0.3) is 5.56 Å². The number of hydrogen-bond acceptors (Lipinski definition) is 8. The number of rotatable bonds is 5. The van der Waals surface area contributed by atoms with Gasteiger partial charge in [0.15, 0.2) is 10.8 Å². The van der Waals surface area contributed by atoms with Crippen molar-refractivity contribution in [3.05, 3.63) is 76.5 Å². The summed E-state index contributed by atoms with van der Waals surface area (Å²) in [5.41, 5.74) is 2.42. The van der Waals surface area contributed by atoms with Crippen LogP contribution in [0.15, 0.2) is 65.3 Å². The molecule has 0 fully saturated rings. The molecule has 5 rings (SSSR count). The highest BCUT2D eigenvalue weighted by molar-refractivity contribution is 7.22. The summed E-state index contributed by atoms with van der Waals surface area (Å²) in [6, 6.07) is 11.5. The molecule has 0 aliphatic heterocycles. The molecule has 7 nitrogen and oxygen atoms in total. The minimum Gasteiger partial charge on any atom is -0.497 e. The standard InChI is InChI=1S/C21H15N5O2S2/c1-28-15-5-3-13(4-6-15)17-9-16-18(30-17)21(27)26(12-24-16)10-14-11-29-20(25-14)19-22-7-2-8-23-19/h2-9,11-12H,10H2,1H3. The topological polar surface area (TPSA) is 82.8 Å². The van der Waals surface area contributed by atoms with Gasteiger partial charge in [0, 0.05) is 22.7 Å². The minimum atomic E-state index is -0.0738. The Morgan fingerprint density at radius 3 is 2.67 bits per heavy atom. The van der Waals surface area contributed by atoms with Gasteiger partial charge < -0.3 is 4.74 Å². The summed E-state index contributed by atoms with van der Waals surface area (Å²) in [4.78, 5) is 31.5. The molecule has 0 N–H and O–H groups in total. The van der Waals surface area contributed by atoms with E-state index in [-0.39, 0.29) is 5.56 Å². The predicted octanol–water partition coefficient (Wildman–Crippen LogP) is 4.10. The first-order valence-electron chi connectivity index (χ1n) is 9.06. The van der Waals surface area contributed by atoms with Gasteiger partial charge >= 0.3 is 0 Å². The van der Waals surface area contributed by atoms with E-state index in [1.54, 1.807) is 36.5 Å². The highest BCUT2D eigenvalue weighted by Gasteiger charge is 2.13. The van der Waals surface area contributed by atoms with Gasteiger partial charge in [-0.3, -0.25) is 9.36 Å². The number of nitrogens with zero attached hydrogens (tertiary/aromatic N) is 5. The molecule has 0 spiro atoms. The highest BCUT2D eigenvalue weighted by Crippen LogP contribution is 2.31. The van der Waals surface area contributed by atoms with Crippen LogP contribution >= 0.6 is 22.7 Å². The molecular weight excluding hydrogens is 418 g/mol. The number of thiazole rings is 1. The van der Waals surface area contributed by atoms with Gasteiger partial charge in [0.05, 0.1) is 31.2 Å². The van der Waals surface area contributed by atoms with Crippen LogP contribution in [0.4, 0.5) is 0 Å². The van der Waals surface area contributed by atoms with Crippen LogP contribution in [0.2, 0.25) is 0 Å². The van der Waals surface area contributed by atoms with Gasteiger partial charge in [0.1, 0.15) is 10.4 Å². The molecule has 0 saturated heterocycles. The Kier molecular flexibility index (Phi) is 4.82. The maximum Gasteiger partial charge on any atom is 0.271 e. The van der Waals surface area contributed by atoms with E-state index in [1.165, 1.54) is 22.7 Å². The van der Waals surface area contributed by atoms with E-state index in [1.807, 2.05) is 35.7 Å². The van der Waals surface area contributed by atoms with Crippen molar-refractivity contribution in [2.24, 2.45) is 0 Å². The predicted molar refractivity (Wildman–Crippen MR) is 118 cm³/mol. The lowest BCUT2D eigenvalue weighted by Gasteiger charge is -2.02. The average molecular weight is 434 g/mol. The lowest BCUT2D eigenvalue weighted by atomic mass is 10.2. The SMILES string of the molecule is COc1ccc(-c2cc3ncn(Cc4csc(-c5ncccn5)n4)c(=O)c3s2)cc1. The van der Waals surface area contributed by atoms with Crippen LogP contribution < -0.4 is 10.3 Å². The third-order valence-electron chi connectivity index (χ3n) is 4.52. The molecule has 0 aliphatic rings. The van der Waals surface area contributed by atoms with Gasteiger partial charge in [0.2, 0.25) is 0 Å². The third-order valence-corrected chi connectivity index (χ3v) is 6.57. The second-order valence-electron chi connectivity index (χ2n) is 6.45. The molecule has 0 bridgehead atoms. The second kappa shape index (κ2) is 7.77. The van der Waals surface area contributed by atoms with Gasteiger partial charge in [-0.05, 0) is 42.0 Å². The maximum absolute atomic E-state index is 13.0. The van der Waals surface area contributed by atoms with Gasteiger partial charge in [-0.25, -0.2) is 19.9 Å². The molecule has 0 unspecified atom stereocenters. The molecule has 0 atom stereocenters. The van der Waals surface area contributed by atoms with Crippen LogP contribution in [-0.2, 0) is 6.54 Å². The number of aromatic nitrogens is 5. The van der Waals surface area contributed by atoms with Crippen LogP contribution in [0.5, 0.6) is 5.75 Å². The lowest BCUT2D eigenvalue weighted by molar-refractivity contribution is 0.415. The van der Waals surface area contributed by atoms with Crippen molar-refractivity contribution in [2.45, 2.75) is 6.54 Å². The Balaban J connectivity index is 1.45. The van der Waals surface area contributed by atoms with Crippen molar-refractivity contribution in [1.29, 1.82) is 0 Å². The lowest BCUT2D eigenvalue weighted by Crippen LogP contribution is -2.20. The zero-order valence-corrected chi connectivity index (χ0v) is 17.5. The monoisotopic (exact) mass is 433 g/mol. The van der Waals surface area contributed by atoms with Crippen LogP contribution in [0.1, 0.15) is 5.69 Å². The van der Waals surface area contributed by atoms with Crippen LogP contribution in [0, 0.1) is 0 Å². The fourth-order valence-corrected chi connectivity index (χ4v) is 4.84. The van der Waals surface area contributed by atoms with Crippen LogP contribution in [0.25, 0.3) is 31.5 Å². The first-order chi connectivity index (χ1) is 14.7. The summed E-state index contributed by atoms with van der Waals surface area (Å²) in [5, 5.41) is 2.64. The number of ether oxygens (including phenoxy) is 1. The van der Waals surface area contributed by atoms with E-state index in [4.69, 9.17) is 4.74 Å². The number of fused-ring (bicyclic) bond motifs is 1. The number of benzene rings is 1. The Morgan fingerprint density at radius 1 is 1.10 bits per heavy atom. The number of hydrogen-bond donors (Lipinski definition) is 0. The molecule has 0 radical (unpaired) electrons. The molecule has 4 heterocycles. The third kappa shape index (κ3) is 3.49. The van der Waals surface area contributed by atoms with E-state index < -0.39 is 0 Å². The Hall–Kier alpha value is -3.43. The van der Waals surface area contributed by atoms with Crippen LogP contribution in [0.3, 0.4) is 0 Å². The first kappa shape index (κ1) is 18.6. The average Bonchev–Trinajstić information content (AvgIpc) is 3.44. The molecule has 0 saturated carbocycles. The number of thiophene rings is 1. The summed E-state index contributed by atoms with van der Waals surface area (Å²) in [5.74, 6) is 1.38. The van der Waals surface area contributed by atoms with Gasteiger partial charge in [-0.1, -0.05) is 0 Å². The number of methoxy groups -OCH3 is 1. The minimum absolute atomic E-state index is 0.0738. The van der Waals surface area contributed by atoms with Crippen molar-refractivity contribution in [3.63, 3.8) is 0 Å². The van der Waals surface area contributed by atoms with Crippen molar-refractivity contribution in [2.75, 3.05) is 7.11 Å². The first-order valence-corrected chi connectivity index (χ1v) is 10.8. The second-order valence-corrected chi connectivity index (χ2v) is 8.36. The maximum atomic E-state index is 13.0. The van der Waals surface area contributed by atoms with E-state index in [0.29, 0.717) is 22.6 Å². The van der Waals surface area contributed by atoms with E-state index in [9.17, 15) is 4.79 Å². The largest absolute Gasteiger partial charge is 0.497 e. The van der Waals surface area contributed by atoms with Crippen molar-refractivity contribution < 1.29 is 4.74 Å². The summed E-state index contributed by atoms with van der Waals surface area (Å²) in [6.07, 6.45) is 4.94. The molecule has 30 heavy (non-hydrogen) atoms. The van der Waals surface area contributed by atoms with E-state index in [2.05, 4.69) is 19.9 Å². The van der Waals surface area contributed by atoms with Gasteiger partial charge in [-0.2, -0.15) is 0 Å². The van der Waals surface area contributed by atoms with Crippen LogP contribution in [-0.4, -0.2) is 31.6 Å². The molecule has 0 amide bonds. The molecule has 5 aromatic rings. The van der Waals surface area contributed by atoms with E-state index >= 15 is 0 Å². The summed E-state index contributed by atoms with van der Waals surface area (Å²) in [7, 11) is 1.64. The van der Waals surface area contributed by atoms with Crippen molar-refractivity contribution >= 4 is 32.9 Å². The zero-order valence-electron chi connectivity index (χ0n) is 15.8. The zero-order chi connectivity index (χ0) is 20.5. The fraction of sp³-hybridized carbons (Fsp3) is 0.0952. The molecule has 4 aromatic heterocycles. The highest BCUT2D eigenvalue weighted by atomic mass is 32.1. The molecule has 148 valence electrons.